The Morgan fingerprint density at radius 1 is 0.870 bits per heavy atom. The normalized spacial score (nSPS) is 14.4. The van der Waals surface area contributed by atoms with E-state index in [9.17, 15) is 0 Å². The van der Waals surface area contributed by atoms with Gasteiger partial charge in [0.1, 0.15) is 0 Å². The molecule has 6 N–H and O–H groups in total. The fourth-order valence-corrected chi connectivity index (χ4v) is 2.53. The van der Waals surface area contributed by atoms with Crippen molar-refractivity contribution in [3.8, 4) is 0 Å². The highest BCUT2D eigenvalue weighted by Gasteiger charge is 2.20. The van der Waals surface area contributed by atoms with Crippen molar-refractivity contribution >= 4 is 35.7 Å². The van der Waals surface area contributed by atoms with E-state index in [1.807, 2.05) is 36.4 Å². The number of halogens is 2. The molecule has 0 saturated heterocycles. The molecular weight excluding hydrogens is 337 g/mol. The lowest BCUT2D eigenvalue weighted by atomic mass is 9.90. The standard InChI is InChI=1S/C16H23N3O2.2ClH/c17-13(9-20)7-12(8-14(18)10-21)16-6-5-11-3-1-2-4-15(11)19-16;;/h1-6,12-14,20-21H,7-10,17-18H2;2*1H. The van der Waals surface area contributed by atoms with Gasteiger partial charge in [-0.3, -0.25) is 4.98 Å². The van der Waals surface area contributed by atoms with Crippen molar-refractivity contribution in [2.75, 3.05) is 13.2 Å². The van der Waals surface area contributed by atoms with Crippen LogP contribution in [0.4, 0.5) is 0 Å². The SMILES string of the molecule is Cl.Cl.NC(CO)CC(CC(N)CO)c1ccc2ccccc2n1. The highest BCUT2D eigenvalue weighted by molar-refractivity contribution is 5.85. The summed E-state index contributed by atoms with van der Waals surface area (Å²) in [4.78, 5) is 4.68. The van der Waals surface area contributed by atoms with E-state index in [0.29, 0.717) is 12.8 Å². The summed E-state index contributed by atoms with van der Waals surface area (Å²) >= 11 is 0. The number of hydrogen-bond acceptors (Lipinski definition) is 5. The maximum atomic E-state index is 9.17. The monoisotopic (exact) mass is 361 g/mol. The molecule has 5 nitrogen and oxygen atoms in total. The van der Waals surface area contributed by atoms with Crippen molar-refractivity contribution in [1.82, 2.24) is 4.98 Å². The van der Waals surface area contributed by atoms with Crippen LogP contribution >= 0.6 is 24.8 Å². The Labute approximate surface area is 148 Å². The summed E-state index contributed by atoms with van der Waals surface area (Å²) in [6, 6.07) is 11.3. The molecule has 23 heavy (non-hydrogen) atoms. The first-order valence-corrected chi connectivity index (χ1v) is 7.22. The topological polar surface area (TPSA) is 105 Å². The summed E-state index contributed by atoms with van der Waals surface area (Å²) in [5.41, 5.74) is 13.6. The molecule has 1 aromatic heterocycles. The predicted octanol–water partition coefficient (Wildman–Crippen LogP) is 1.58. The lowest BCUT2D eigenvalue weighted by Gasteiger charge is -2.22. The summed E-state index contributed by atoms with van der Waals surface area (Å²) in [7, 11) is 0. The first-order valence-electron chi connectivity index (χ1n) is 7.22. The molecule has 0 spiro atoms. The molecule has 0 radical (unpaired) electrons. The van der Waals surface area contributed by atoms with Gasteiger partial charge in [-0.05, 0) is 25.0 Å². The van der Waals surface area contributed by atoms with Crippen LogP contribution in [0.1, 0.15) is 24.5 Å². The van der Waals surface area contributed by atoms with Gasteiger partial charge in [0.05, 0.1) is 18.7 Å². The first-order chi connectivity index (χ1) is 10.1. The van der Waals surface area contributed by atoms with Crippen LogP contribution in [0.2, 0.25) is 0 Å². The lowest BCUT2D eigenvalue weighted by molar-refractivity contribution is 0.234. The van der Waals surface area contributed by atoms with E-state index in [1.54, 1.807) is 0 Å². The Kier molecular flexibility index (Phi) is 10.3. The first kappa shape index (κ1) is 22.1. The van der Waals surface area contributed by atoms with E-state index in [4.69, 9.17) is 21.7 Å². The molecule has 130 valence electrons. The molecule has 1 aromatic carbocycles. The van der Waals surface area contributed by atoms with Crippen LogP contribution in [-0.2, 0) is 0 Å². The number of aliphatic hydroxyl groups excluding tert-OH is 2. The van der Waals surface area contributed by atoms with Gasteiger partial charge >= 0.3 is 0 Å². The third-order valence-electron chi connectivity index (χ3n) is 3.68. The summed E-state index contributed by atoms with van der Waals surface area (Å²) in [6.07, 6.45) is 1.19. The molecule has 7 heteroatoms. The van der Waals surface area contributed by atoms with E-state index in [2.05, 4.69) is 4.98 Å². The zero-order chi connectivity index (χ0) is 15.2. The number of fused-ring (bicyclic) bond motifs is 1. The van der Waals surface area contributed by atoms with Gasteiger partial charge < -0.3 is 21.7 Å². The summed E-state index contributed by atoms with van der Waals surface area (Å²) in [5.74, 6) is 0.0268. The second kappa shape index (κ2) is 10.8. The molecule has 2 atom stereocenters. The van der Waals surface area contributed by atoms with Crippen molar-refractivity contribution in [2.24, 2.45) is 11.5 Å². The van der Waals surface area contributed by atoms with Gasteiger partial charge in [0, 0.05) is 29.1 Å². The number of nitrogens with zero attached hydrogens (tertiary/aromatic N) is 1. The molecule has 0 amide bonds. The molecule has 0 aliphatic rings. The van der Waals surface area contributed by atoms with Gasteiger partial charge in [-0.15, -0.1) is 24.8 Å². The number of nitrogens with two attached hydrogens (primary N) is 2. The van der Waals surface area contributed by atoms with Crippen LogP contribution in [0, 0.1) is 0 Å². The number of hydrogen-bond donors (Lipinski definition) is 4. The van der Waals surface area contributed by atoms with Crippen molar-refractivity contribution in [1.29, 1.82) is 0 Å². The number of benzene rings is 1. The minimum atomic E-state index is -0.311. The van der Waals surface area contributed by atoms with Crippen LogP contribution in [-0.4, -0.2) is 40.5 Å². The smallest absolute Gasteiger partial charge is 0.0705 e. The van der Waals surface area contributed by atoms with E-state index >= 15 is 0 Å². The average Bonchev–Trinajstić information content (AvgIpc) is 2.53. The maximum absolute atomic E-state index is 9.17. The van der Waals surface area contributed by atoms with E-state index < -0.39 is 0 Å². The third-order valence-corrected chi connectivity index (χ3v) is 3.68. The molecule has 0 saturated carbocycles. The van der Waals surface area contributed by atoms with Crippen LogP contribution in [0.5, 0.6) is 0 Å². The van der Waals surface area contributed by atoms with Gasteiger partial charge in [-0.2, -0.15) is 0 Å². The van der Waals surface area contributed by atoms with Crippen molar-refractivity contribution in [3.05, 3.63) is 42.1 Å². The Bertz CT molecular complexity index is 574. The number of pyridine rings is 1. The van der Waals surface area contributed by atoms with Crippen molar-refractivity contribution in [3.63, 3.8) is 0 Å². The minimum absolute atomic E-state index is 0. The number of aromatic nitrogens is 1. The fraction of sp³-hybridized carbons (Fsp3) is 0.438. The van der Waals surface area contributed by atoms with E-state index in [-0.39, 0.29) is 56.0 Å². The van der Waals surface area contributed by atoms with Crippen LogP contribution in [0.15, 0.2) is 36.4 Å². The average molecular weight is 362 g/mol. The number of rotatable bonds is 7. The van der Waals surface area contributed by atoms with Crippen LogP contribution in [0.3, 0.4) is 0 Å². The fourth-order valence-electron chi connectivity index (χ4n) is 2.53. The highest BCUT2D eigenvalue weighted by Crippen LogP contribution is 2.26. The Balaban J connectivity index is 0.00000242. The predicted molar refractivity (Wildman–Crippen MR) is 98.3 cm³/mol. The summed E-state index contributed by atoms with van der Waals surface area (Å²) in [5, 5.41) is 19.4. The lowest BCUT2D eigenvalue weighted by Crippen LogP contribution is -2.32. The molecule has 0 aliphatic carbocycles. The molecule has 2 aromatic rings. The second-order valence-corrected chi connectivity index (χ2v) is 5.48. The molecule has 0 aliphatic heterocycles. The Morgan fingerprint density at radius 2 is 1.43 bits per heavy atom. The number of aliphatic hydroxyl groups is 2. The van der Waals surface area contributed by atoms with E-state index in [1.165, 1.54) is 0 Å². The Hall–Kier alpha value is -0.950. The second-order valence-electron chi connectivity index (χ2n) is 5.48. The minimum Gasteiger partial charge on any atom is -0.395 e. The largest absolute Gasteiger partial charge is 0.395 e. The number of para-hydroxylation sites is 1. The summed E-state index contributed by atoms with van der Waals surface area (Å²) in [6.45, 7) is -0.142. The van der Waals surface area contributed by atoms with Gasteiger partial charge in [0.2, 0.25) is 0 Å². The van der Waals surface area contributed by atoms with Crippen molar-refractivity contribution in [2.45, 2.75) is 30.8 Å². The maximum Gasteiger partial charge on any atom is 0.0705 e. The summed E-state index contributed by atoms with van der Waals surface area (Å²) < 4.78 is 0. The molecule has 1 heterocycles. The van der Waals surface area contributed by atoms with Crippen molar-refractivity contribution < 1.29 is 10.2 Å². The zero-order valence-electron chi connectivity index (χ0n) is 12.8. The van der Waals surface area contributed by atoms with Gasteiger partial charge in [0.15, 0.2) is 0 Å². The molecule has 2 rings (SSSR count). The van der Waals surface area contributed by atoms with E-state index in [0.717, 1.165) is 16.6 Å². The quantitative estimate of drug-likeness (QED) is 0.599. The zero-order valence-corrected chi connectivity index (χ0v) is 14.5. The Morgan fingerprint density at radius 3 is 2.00 bits per heavy atom. The van der Waals surface area contributed by atoms with Gasteiger partial charge in [-0.1, -0.05) is 24.3 Å². The molecule has 2 unspecified atom stereocenters. The molecule has 0 fully saturated rings. The van der Waals surface area contributed by atoms with Gasteiger partial charge in [-0.25, -0.2) is 0 Å². The highest BCUT2D eigenvalue weighted by atomic mass is 35.5. The van der Waals surface area contributed by atoms with Gasteiger partial charge in [0.25, 0.3) is 0 Å². The third kappa shape index (κ3) is 6.22. The molecule has 0 bridgehead atoms. The van der Waals surface area contributed by atoms with Crippen LogP contribution in [0.25, 0.3) is 10.9 Å². The molecular formula is C16H25Cl2N3O2. The van der Waals surface area contributed by atoms with Crippen LogP contribution < -0.4 is 11.5 Å².